The summed E-state index contributed by atoms with van der Waals surface area (Å²) >= 11 is 0. The number of esters is 7. The van der Waals surface area contributed by atoms with E-state index in [4.69, 9.17) is 56.8 Å². The average molecular weight is 2090 g/mol. The summed E-state index contributed by atoms with van der Waals surface area (Å²) in [5.41, 5.74) is -0.462. The van der Waals surface area contributed by atoms with Crippen LogP contribution in [0.15, 0.2) is 85.1 Å². The Hall–Kier alpha value is -11.7. The molecule has 0 radical (unpaired) electrons. The van der Waals surface area contributed by atoms with Crippen molar-refractivity contribution in [1.29, 1.82) is 0 Å². The molecule has 0 aromatic rings. The molecule has 5 saturated heterocycles. The van der Waals surface area contributed by atoms with Gasteiger partial charge in [0.25, 0.3) is 82.7 Å². The van der Waals surface area contributed by atoms with E-state index in [2.05, 4.69) is 6.92 Å². The number of ether oxygens (including phenoxy) is 12. The van der Waals surface area contributed by atoms with Crippen molar-refractivity contribution in [2.45, 2.75) is 318 Å². The molecule has 6 bridgehead atoms. The maximum absolute atomic E-state index is 12.4. The van der Waals surface area contributed by atoms with Crippen molar-refractivity contribution in [3.05, 3.63) is 85.1 Å². The van der Waals surface area contributed by atoms with Crippen LogP contribution in [0.25, 0.3) is 0 Å². The van der Waals surface area contributed by atoms with Crippen LogP contribution in [0.3, 0.4) is 0 Å². The summed E-state index contributed by atoms with van der Waals surface area (Å²) in [6.45, 7) is 6.80. The van der Waals surface area contributed by atoms with Gasteiger partial charge in [0, 0.05) is 199 Å². The van der Waals surface area contributed by atoms with Crippen molar-refractivity contribution < 1.29 is 158 Å². The Morgan fingerprint density at radius 2 is 0.547 bits per heavy atom. The van der Waals surface area contributed by atoms with Gasteiger partial charge in [0.1, 0.15) is 19.3 Å². The summed E-state index contributed by atoms with van der Waals surface area (Å²) in [5, 5.41) is 0. The molecule has 8 aliphatic carbocycles. The van der Waals surface area contributed by atoms with Crippen LogP contribution in [-0.4, -0.2) is 311 Å². The number of amides is 14. The molecular formula is C110H141N7O33. The molecule has 20 rings (SSSR count). The van der Waals surface area contributed by atoms with E-state index in [9.17, 15) is 101 Å². The van der Waals surface area contributed by atoms with Gasteiger partial charge in [-0.25, -0.2) is 0 Å². The number of carbonyl (C=O) groups is 21. The van der Waals surface area contributed by atoms with E-state index in [0.717, 1.165) is 103 Å². The van der Waals surface area contributed by atoms with Crippen molar-refractivity contribution in [3.63, 3.8) is 0 Å². The minimum Gasteiger partial charge on any atom is -0.465 e. The van der Waals surface area contributed by atoms with E-state index in [0.29, 0.717) is 271 Å². The van der Waals surface area contributed by atoms with E-state index in [1.54, 1.807) is 0 Å². The highest BCUT2D eigenvalue weighted by atomic mass is 16.6. The fraction of sp³-hybridized carbons (Fsp3) is 0.682. The Morgan fingerprint density at radius 1 is 0.267 bits per heavy atom. The van der Waals surface area contributed by atoms with Gasteiger partial charge in [0.05, 0.1) is 87.5 Å². The van der Waals surface area contributed by atoms with E-state index < -0.39 is 5.41 Å². The largest absolute Gasteiger partial charge is 0.465 e. The molecule has 20 unspecified atom stereocenters. The fourth-order valence-electron chi connectivity index (χ4n) is 24.3. The zero-order valence-corrected chi connectivity index (χ0v) is 85.4. The number of imide groups is 7. The zero-order valence-electron chi connectivity index (χ0n) is 85.4. The lowest BCUT2D eigenvalue weighted by atomic mass is 9.75. The van der Waals surface area contributed by atoms with Crippen LogP contribution >= 0.6 is 0 Å². The van der Waals surface area contributed by atoms with Crippen molar-refractivity contribution in [2.75, 3.05) is 85.5 Å². The molecular weight excluding hydrogens is 1950 g/mol. The number of hydrogen-bond donors (Lipinski definition) is 0. The molecule has 13 fully saturated rings. The van der Waals surface area contributed by atoms with Gasteiger partial charge < -0.3 is 56.8 Å². The van der Waals surface area contributed by atoms with Crippen molar-refractivity contribution >= 4 is 124 Å². The first-order valence-electron chi connectivity index (χ1n) is 54.6. The van der Waals surface area contributed by atoms with Gasteiger partial charge in [-0.15, -0.1) is 0 Å². The van der Waals surface area contributed by atoms with Crippen LogP contribution in [0.1, 0.15) is 251 Å². The third-order valence-corrected chi connectivity index (χ3v) is 33.1. The molecule has 0 aromatic carbocycles. The smallest absolute Gasteiger partial charge is 0.306 e. The quantitative estimate of drug-likeness (QED) is 0.0182. The fourth-order valence-corrected chi connectivity index (χ4v) is 24.3. The van der Waals surface area contributed by atoms with E-state index >= 15 is 0 Å². The molecule has 0 aromatic heterocycles. The van der Waals surface area contributed by atoms with Gasteiger partial charge in [0.2, 0.25) is 0 Å². The van der Waals surface area contributed by atoms with Crippen LogP contribution in [-0.2, 0) is 158 Å². The van der Waals surface area contributed by atoms with E-state index in [-0.39, 0.29) is 206 Å². The summed E-state index contributed by atoms with van der Waals surface area (Å²) < 4.78 is 67.1. The highest BCUT2D eigenvalue weighted by Crippen LogP contribution is 2.63. The van der Waals surface area contributed by atoms with Gasteiger partial charge >= 0.3 is 41.8 Å². The topological polar surface area (TPSA) is 508 Å². The number of nitrogens with zero attached hydrogens (tertiary/aromatic N) is 7. The minimum atomic E-state index is -0.462. The summed E-state index contributed by atoms with van der Waals surface area (Å²) in [6, 6.07) is 0. The Kier molecular flexibility index (Phi) is 38.5. The van der Waals surface area contributed by atoms with Crippen LogP contribution < -0.4 is 0 Å². The van der Waals surface area contributed by atoms with E-state index in [1.807, 2.05) is 0 Å². The maximum Gasteiger partial charge on any atom is 0.306 e. The second-order valence-electron chi connectivity index (χ2n) is 43.4. The Labute approximate surface area is 871 Å². The molecule has 14 amide bonds. The van der Waals surface area contributed by atoms with Crippen molar-refractivity contribution in [2.24, 2.45) is 70.5 Å². The molecule has 8 saturated carbocycles. The standard InChI is InChI=1S/C29H36N2O9.C28H36N2O9.C18H23NO5.C18H25NO5.C17H21NO5/c32-22-9-10-23(33)30(22)13-5-1-3-7-26(36)38-16-20-18-15-19(29-28(18)40-29)21(20)17-39-27(37)8-4-2-6-14-31-24(34)11-12-25(31)35;31-22-9-10-23(32)29(22)15-5-1-3-7-26(35)37-18-28(14-13-20-21(17-28)39-20)19-38-27(36)8-4-2-6-16-30-24(33)11-12-25(30)34;20-14-5-6-15(21)19(14)7-3-1-2-4-16(22)23-10-12-8-11-9-13(12)18-17(11)24-18;1-12-9-14-15(24-14)10-13(12)11-23-18(22)5-3-2-4-8-19-16(20)6-7-17(19)21;19-13-5-6-14(20)18(13)7-3-1-2-4-15(21)22-12-9-10-8-11(12)17-16(10)23-17/h9-12,18-21,28-29H,1-8,13-17H2;9-12,20-21H,1-8,13-19H2;5-6,11-13,17-18H,1-4,7-10H2;6-7,12-15H,2-5,8-11H2,1H3;5-6,10-12,16-17H,1-4,7-9H2/t18?,19?,20-,21-,28?,29?;;;;/m0..../s1. The molecule has 12 heterocycles. The average Bonchev–Trinajstić information content (AvgIpc) is 1.52. The Balaban J connectivity index is 0.000000136. The summed E-state index contributed by atoms with van der Waals surface area (Å²) in [4.78, 5) is 254. The number of hydrogen-bond acceptors (Lipinski definition) is 33. The molecule has 22 atom stereocenters. The first-order chi connectivity index (χ1) is 72.4. The molecule has 20 aliphatic rings. The first kappa shape index (κ1) is 111. The third kappa shape index (κ3) is 30.0. The Morgan fingerprint density at radius 3 is 0.867 bits per heavy atom. The summed E-state index contributed by atoms with van der Waals surface area (Å²) in [6.07, 6.45) is 48.0. The van der Waals surface area contributed by atoms with Crippen LogP contribution in [0, 0.1) is 70.5 Å². The van der Waals surface area contributed by atoms with Crippen LogP contribution in [0.2, 0.25) is 0 Å². The van der Waals surface area contributed by atoms with Gasteiger partial charge in [-0.1, -0.05) is 51.9 Å². The SMILES string of the molecule is CC1CC2OC2CC1COC(=O)CCCCCN1C(=O)C=CC1=O.O=C(CCCCCN1C(=O)C=CC1=O)OC1CC2CC1C1OC21.O=C(CCCCCN1C(=O)C=CC1=O)OCC1(COC(=O)CCCCCN2C(=O)C=CC2=O)CCC2OC2C1.O=C(CCCCCN1C(=O)C=CC1=O)OCC1CC2CC1C1OC21.O=C(CCCCCN1C(=O)C=CC1=O)OC[C@H]1C2CC(C3OC32)[C@@H]1COC(=O)CCCCCN1C(=O)C=CC1=O. The lowest BCUT2D eigenvalue weighted by Crippen LogP contribution is -2.38. The normalized spacial score (nSPS) is 30.2. The van der Waals surface area contributed by atoms with Crippen LogP contribution in [0.4, 0.5) is 0 Å². The Bertz CT molecular complexity index is 4960. The predicted molar refractivity (Wildman–Crippen MR) is 522 cm³/mol. The lowest BCUT2D eigenvalue weighted by Gasteiger charge is -2.34. The second-order valence-corrected chi connectivity index (χ2v) is 43.4. The number of unbranched alkanes of at least 4 members (excludes halogenated alkanes) is 14. The van der Waals surface area contributed by atoms with Crippen molar-refractivity contribution in [1.82, 2.24) is 34.3 Å². The molecule has 0 N–H and O–H groups in total. The highest BCUT2D eigenvalue weighted by molar-refractivity contribution is 6.16. The monoisotopic (exact) mass is 2090 g/mol. The van der Waals surface area contributed by atoms with Gasteiger partial charge in [-0.2, -0.15) is 0 Å². The molecule has 40 nitrogen and oxygen atoms in total. The molecule has 150 heavy (non-hydrogen) atoms. The first-order valence-corrected chi connectivity index (χ1v) is 54.6. The predicted octanol–water partition coefficient (Wildman–Crippen LogP) is 8.13. The van der Waals surface area contributed by atoms with Crippen molar-refractivity contribution in [3.8, 4) is 0 Å². The van der Waals surface area contributed by atoms with Gasteiger partial charge in [-0.3, -0.25) is 135 Å². The van der Waals surface area contributed by atoms with Gasteiger partial charge in [-0.05, 0) is 201 Å². The number of epoxide rings is 5. The maximum atomic E-state index is 12.4. The number of fused-ring (bicyclic) bond motifs is 17. The lowest BCUT2D eigenvalue weighted by molar-refractivity contribution is -0.156. The second kappa shape index (κ2) is 52.0. The number of carbonyl (C=O) groups excluding carboxylic acids is 21. The molecule has 12 aliphatic heterocycles. The van der Waals surface area contributed by atoms with Crippen LogP contribution in [0.5, 0.6) is 0 Å². The highest BCUT2D eigenvalue weighted by Gasteiger charge is 2.68. The third-order valence-electron chi connectivity index (χ3n) is 33.1. The number of rotatable bonds is 55. The zero-order chi connectivity index (χ0) is 106. The molecule has 40 heteroatoms. The van der Waals surface area contributed by atoms with E-state index in [1.165, 1.54) is 126 Å². The molecule has 814 valence electrons. The summed E-state index contributed by atoms with van der Waals surface area (Å²) in [5.74, 6) is -0.795. The molecule has 0 spiro atoms. The van der Waals surface area contributed by atoms with Gasteiger partial charge in [0.15, 0.2) is 0 Å². The summed E-state index contributed by atoms with van der Waals surface area (Å²) in [7, 11) is 0. The minimum absolute atomic E-state index is 0.0576.